The molecule has 1 aromatic rings. The first-order valence-corrected chi connectivity index (χ1v) is 11.9. The van der Waals surface area contributed by atoms with Crippen molar-refractivity contribution in [1.29, 1.82) is 0 Å². The highest BCUT2D eigenvalue weighted by Crippen LogP contribution is 2.42. The van der Waals surface area contributed by atoms with E-state index in [2.05, 4.69) is 38.0 Å². The van der Waals surface area contributed by atoms with Gasteiger partial charge in [-0.25, -0.2) is 9.97 Å². The van der Waals surface area contributed by atoms with Crippen LogP contribution < -0.4 is 11.1 Å². The SMILES string of the molecule is CCCCC1CC(Nc2nc(SCCC)nc(C)c2N)C[C@@H]1CC(C)(C)OC. The predicted molar refractivity (Wildman–Crippen MR) is 121 cm³/mol. The fourth-order valence-corrected chi connectivity index (χ4v) is 4.98. The highest BCUT2D eigenvalue weighted by atomic mass is 32.2. The Bertz CT molecular complexity index is 623. The molecule has 5 nitrogen and oxygen atoms in total. The number of ether oxygens (including phenoxy) is 1. The van der Waals surface area contributed by atoms with Gasteiger partial charge in [0, 0.05) is 18.9 Å². The molecule has 0 radical (unpaired) electrons. The lowest BCUT2D eigenvalue weighted by molar-refractivity contribution is -0.00313. The summed E-state index contributed by atoms with van der Waals surface area (Å²) in [6.45, 7) is 10.8. The highest BCUT2D eigenvalue weighted by molar-refractivity contribution is 7.99. The van der Waals surface area contributed by atoms with E-state index in [0.29, 0.717) is 17.6 Å². The molecule has 0 aromatic carbocycles. The molecule has 3 atom stereocenters. The lowest BCUT2D eigenvalue weighted by Crippen LogP contribution is -2.28. The van der Waals surface area contributed by atoms with E-state index in [9.17, 15) is 0 Å². The highest BCUT2D eigenvalue weighted by Gasteiger charge is 2.37. The molecule has 2 unspecified atom stereocenters. The van der Waals surface area contributed by atoms with E-state index >= 15 is 0 Å². The van der Waals surface area contributed by atoms with Crippen LogP contribution in [0, 0.1) is 18.8 Å². The largest absolute Gasteiger partial charge is 0.394 e. The van der Waals surface area contributed by atoms with Crippen molar-refractivity contribution in [2.45, 2.75) is 96.4 Å². The molecule has 160 valence electrons. The first kappa shape index (κ1) is 23.3. The molecular formula is C22H40N4OS. The molecule has 2 rings (SSSR count). The molecule has 0 aliphatic heterocycles. The Balaban J connectivity index is 2.11. The fourth-order valence-electron chi connectivity index (χ4n) is 4.23. The average Bonchev–Trinajstić information content (AvgIpc) is 3.02. The summed E-state index contributed by atoms with van der Waals surface area (Å²) in [5.41, 5.74) is 7.80. The van der Waals surface area contributed by atoms with Crippen LogP contribution in [0.2, 0.25) is 0 Å². The first-order valence-electron chi connectivity index (χ1n) is 10.9. The quantitative estimate of drug-likeness (QED) is 0.362. The minimum absolute atomic E-state index is 0.0709. The summed E-state index contributed by atoms with van der Waals surface area (Å²) in [7, 11) is 1.82. The Labute approximate surface area is 176 Å². The summed E-state index contributed by atoms with van der Waals surface area (Å²) in [4.78, 5) is 9.27. The lowest BCUT2D eigenvalue weighted by Gasteiger charge is -2.29. The fraction of sp³-hybridized carbons (Fsp3) is 0.818. The molecule has 3 N–H and O–H groups in total. The van der Waals surface area contributed by atoms with Crippen LogP contribution in [0.1, 0.15) is 78.3 Å². The minimum Gasteiger partial charge on any atom is -0.394 e. The molecule has 0 spiro atoms. The molecule has 0 bridgehead atoms. The third-order valence-electron chi connectivity index (χ3n) is 5.97. The van der Waals surface area contributed by atoms with E-state index in [1.807, 2.05) is 14.0 Å². The van der Waals surface area contributed by atoms with Crippen molar-refractivity contribution in [2.24, 2.45) is 11.8 Å². The van der Waals surface area contributed by atoms with Crippen molar-refractivity contribution >= 4 is 23.3 Å². The van der Waals surface area contributed by atoms with Gasteiger partial charge in [0.25, 0.3) is 0 Å². The molecule has 1 saturated carbocycles. The maximum Gasteiger partial charge on any atom is 0.189 e. The molecule has 28 heavy (non-hydrogen) atoms. The third-order valence-corrected chi connectivity index (χ3v) is 7.02. The number of unbranched alkanes of at least 4 members (excludes halogenated alkanes) is 1. The smallest absolute Gasteiger partial charge is 0.189 e. The van der Waals surface area contributed by atoms with Gasteiger partial charge in [0.05, 0.1) is 17.0 Å². The number of rotatable bonds is 11. The van der Waals surface area contributed by atoms with Crippen LogP contribution in [0.15, 0.2) is 5.16 Å². The van der Waals surface area contributed by atoms with E-state index in [0.717, 1.165) is 47.6 Å². The zero-order valence-electron chi connectivity index (χ0n) is 18.7. The summed E-state index contributed by atoms with van der Waals surface area (Å²) >= 11 is 1.70. The standard InChI is InChI=1S/C22H40N4OS/c1-7-9-10-16-12-18(13-17(16)14-22(4,5)27-6)25-20-19(23)15(3)24-21(26-20)28-11-8-2/h16-18H,7-14,23H2,1-6H3,(H,24,25,26)/t16?,17-,18?/m1/s1. The summed E-state index contributed by atoms with van der Waals surface area (Å²) in [6, 6.07) is 0.417. The molecule has 1 aliphatic carbocycles. The van der Waals surface area contributed by atoms with Crippen molar-refractivity contribution in [3.8, 4) is 0 Å². The molecule has 1 aromatic heterocycles. The lowest BCUT2D eigenvalue weighted by atomic mass is 9.83. The Morgan fingerprint density at radius 1 is 1.18 bits per heavy atom. The topological polar surface area (TPSA) is 73.1 Å². The third kappa shape index (κ3) is 6.51. The van der Waals surface area contributed by atoms with Gasteiger partial charge in [-0.15, -0.1) is 0 Å². The van der Waals surface area contributed by atoms with Gasteiger partial charge < -0.3 is 15.8 Å². The van der Waals surface area contributed by atoms with E-state index in [1.165, 1.54) is 25.7 Å². The number of hydrogen-bond donors (Lipinski definition) is 2. The van der Waals surface area contributed by atoms with Crippen LogP contribution in [0.25, 0.3) is 0 Å². The van der Waals surface area contributed by atoms with Crippen molar-refractivity contribution in [1.82, 2.24) is 9.97 Å². The number of nitrogens with one attached hydrogen (secondary N) is 1. The van der Waals surface area contributed by atoms with Crippen LogP contribution in [0.3, 0.4) is 0 Å². The second-order valence-electron chi connectivity index (χ2n) is 8.85. The number of methoxy groups -OCH3 is 1. The minimum atomic E-state index is -0.0709. The Morgan fingerprint density at radius 3 is 2.54 bits per heavy atom. The molecule has 1 fully saturated rings. The second kappa shape index (κ2) is 10.7. The average molecular weight is 409 g/mol. The second-order valence-corrected chi connectivity index (χ2v) is 9.91. The number of nitrogens with two attached hydrogens (primary N) is 1. The van der Waals surface area contributed by atoms with Gasteiger partial charge in [-0.05, 0) is 58.3 Å². The molecule has 0 saturated heterocycles. The molecule has 1 heterocycles. The summed E-state index contributed by atoms with van der Waals surface area (Å²) in [5.74, 6) is 3.26. The number of nitrogens with zero attached hydrogens (tertiary/aromatic N) is 2. The van der Waals surface area contributed by atoms with Gasteiger partial charge >= 0.3 is 0 Å². The zero-order valence-corrected chi connectivity index (χ0v) is 19.5. The summed E-state index contributed by atoms with van der Waals surface area (Å²) in [5, 5.41) is 4.50. The van der Waals surface area contributed by atoms with E-state index in [4.69, 9.17) is 15.5 Å². The van der Waals surface area contributed by atoms with Crippen molar-refractivity contribution in [2.75, 3.05) is 23.9 Å². The molecular weight excluding hydrogens is 368 g/mol. The number of aromatic nitrogens is 2. The Morgan fingerprint density at radius 2 is 1.89 bits per heavy atom. The zero-order chi connectivity index (χ0) is 20.7. The van der Waals surface area contributed by atoms with Crippen molar-refractivity contribution < 1.29 is 4.74 Å². The van der Waals surface area contributed by atoms with Crippen molar-refractivity contribution in [3.05, 3.63) is 5.69 Å². The number of thioether (sulfide) groups is 1. The van der Waals surface area contributed by atoms with Crippen LogP contribution in [-0.4, -0.2) is 34.5 Å². The number of nitrogen functional groups attached to an aromatic ring is 1. The number of aryl methyl sites for hydroxylation is 1. The maximum atomic E-state index is 6.31. The van der Waals surface area contributed by atoms with Gasteiger partial charge in [0.15, 0.2) is 11.0 Å². The van der Waals surface area contributed by atoms with E-state index < -0.39 is 0 Å². The Hall–Kier alpha value is -1.01. The predicted octanol–water partition coefficient (Wildman–Crippen LogP) is 5.68. The maximum absolute atomic E-state index is 6.31. The van der Waals surface area contributed by atoms with Crippen LogP contribution in [0.5, 0.6) is 0 Å². The van der Waals surface area contributed by atoms with Crippen LogP contribution >= 0.6 is 11.8 Å². The number of hydrogen-bond acceptors (Lipinski definition) is 6. The van der Waals surface area contributed by atoms with Gasteiger partial charge in [0.1, 0.15) is 0 Å². The van der Waals surface area contributed by atoms with Crippen LogP contribution in [0.4, 0.5) is 11.5 Å². The normalized spacial score (nSPS) is 22.6. The van der Waals surface area contributed by atoms with E-state index in [1.54, 1.807) is 11.8 Å². The monoisotopic (exact) mass is 408 g/mol. The summed E-state index contributed by atoms with van der Waals surface area (Å²) in [6.07, 6.45) is 8.41. The molecule has 0 amide bonds. The number of anilines is 2. The first-order chi connectivity index (χ1) is 13.3. The van der Waals surface area contributed by atoms with E-state index in [-0.39, 0.29) is 5.60 Å². The molecule has 6 heteroatoms. The molecule has 1 aliphatic rings. The van der Waals surface area contributed by atoms with Crippen molar-refractivity contribution in [3.63, 3.8) is 0 Å². The van der Waals surface area contributed by atoms with Crippen LogP contribution in [-0.2, 0) is 4.74 Å². The van der Waals surface area contributed by atoms with Gasteiger partial charge in [-0.1, -0.05) is 44.9 Å². The summed E-state index contributed by atoms with van der Waals surface area (Å²) < 4.78 is 5.73. The van der Waals surface area contributed by atoms with Gasteiger partial charge in [-0.2, -0.15) is 0 Å². The van der Waals surface area contributed by atoms with Gasteiger partial charge in [-0.3, -0.25) is 0 Å². The van der Waals surface area contributed by atoms with Gasteiger partial charge in [0.2, 0.25) is 0 Å². The Kier molecular flexibility index (Phi) is 8.87.